The third kappa shape index (κ3) is 6.54. The molecule has 1 aliphatic heterocycles. The molecule has 180 valence electrons. The third-order valence-electron chi connectivity index (χ3n) is 7.14. The van der Waals surface area contributed by atoms with Gasteiger partial charge in [-0.25, -0.2) is 0 Å². The second kappa shape index (κ2) is 11.4. The van der Waals surface area contributed by atoms with Crippen molar-refractivity contribution >= 4 is 5.91 Å². The molecule has 2 aliphatic carbocycles. The maximum Gasteiger partial charge on any atom is 0.225 e. The van der Waals surface area contributed by atoms with Crippen molar-refractivity contribution < 1.29 is 24.5 Å². The van der Waals surface area contributed by atoms with E-state index in [1.165, 1.54) is 11.1 Å². The summed E-state index contributed by atoms with van der Waals surface area (Å²) in [4.78, 5) is 14.1. The topological polar surface area (TPSA) is 79.2 Å². The fraction of sp³-hybridized carbons (Fsp3) is 0.593. The number of rotatable bonds is 9. The Bertz CT molecular complexity index is 860. The highest BCUT2D eigenvalue weighted by atomic mass is 16.5. The molecule has 33 heavy (non-hydrogen) atoms. The van der Waals surface area contributed by atoms with Crippen LogP contribution in [-0.2, 0) is 20.7 Å². The van der Waals surface area contributed by atoms with Crippen molar-refractivity contribution in [3.8, 4) is 0 Å². The van der Waals surface area contributed by atoms with E-state index in [0.29, 0.717) is 64.2 Å². The van der Waals surface area contributed by atoms with Crippen molar-refractivity contribution in [2.45, 2.75) is 44.8 Å². The van der Waals surface area contributed by atoms with Gasteiger partial charge in [0.1, 0.15) is 0 Å². The number of aliphatic hydroxyl groups excluding tert-OH is 2. The Morgan fingerprint density at radius 1 is 1.33 bits per heavy atom. The van der Waals surface area contributed by atoms with E-state index in [1.54, 1.807) is 0 Å². The largest absolute Gasteiger partial charge is 0.392 e. The number of carbonyl (C=O) groups is 1. The van der Waals surface area contributed by atoms with Crippen molar-refractivity contribution in [2.24, 2.45) is 17.8 Å². The van der Waals surface area contributed by atoms with Gasteiger partial charge >= 0.3 is 0 Å². The van der Waals surface area contributed by atoms with Gasteiger partial charge in [-0.2, -0.15) is 0 Å². The maximum atomic E-state index is 12.2. The summed E-state index contributed by atoms with van der Waals surface area (Å²) >= 11 is 0. The number of amides is 1. The average molecular weight is 456 g/mol. The smallest absolute Gasteiger partial charge is 0.225 e. The fourth-order valence-electron chi connectivity index (χ4n) is 5.45. The molecule has 0 unspecified atom stereocenters. The molecule has 6 nitrogen and oxygen atoms in total. The molecule has 0 bridgehead atoms. The zero-order valence-electron chi connectivity index (χ0n) is 19.6. The number of carbonyl (C=O) groups excluding carboxylic acids is 1. The van der Waals surface area contributed by atoms with Gasteiger partial charge in [-0.15, -0.1) is 0 Å². The van der Waals surface area contributed by atoms with E-state index >= 15 is 0 Å². The van der Waals surface area contributed by atoms with E-state index in [-0.39, 0.29) is 17.9 Å². The van der Waals surface area contributed by atoms with Gasteiger partial charge in [0.25, 0.3) is 0 Å². The first-order chi connectivity index (χ1) is 16.0. The molecule has 0 spiro atoms. The summed E-state index contributed by atoms with van der Waals surface area (Å²) in [5, 5.41) is 21.1. The molecule has 1 aromatic rings. The van der Waals surface area contributed by atoms with E-state index in [1.807, 2.05) is 29.2 Å². The minimum absolute atomic E-state index is 0.0545. The number of aliphatic hydroxyl groups is 2. The van der Waals surface area contributed by atoms with E-state index in [2.05, 4.69) is 25.1 Å². The zero-order valence-corrected chi connectivity index (χ0v) is 19.6. The van der Waals surface area contributed by atoms with E-state index in [4.69, 9.17) is 9.47 Å². The first-order valence-electron chi connectivity index (χ1n) is 12.2. The Morgan fingerprint density at radius 3 is 2.94 bits per heavy atom. The number of morpholine rings is 1. The van der Waals surface area contributed by atoms with Crippen molar-refractivity contribution in [1.82, 2.24) is 4.90 Å². The first-order valence-corrected chi connectivity index (χ1v) is 12.2. The molecular formula is C27H37NO5. The maximum absolute atomic E-state index is 12.2. The lowest BCUT2D eigenvalue weighted by atomic mass is 9.89. The van der Waals surface area contributed by atoms with Crippen molar-refractivity contribution in [3.63, 3.8) is 0 Å². The SMILES string of the molecule is Cc1cccc(C[C@@H](O)C=C[C@@H]2[C@H]3CC(COCCC(=O)N4CCOCC4)=C[C@H]3C[C@H]2O)c1. The van der Waals surface area contributed by atoms with Crippen LogP contribution in [0.15, 0.2) is 48.1 Å². The predicted molar refractivity (Wildman–Crippen MR) is 127 cm³/mol. The molecule has 2 fully saturated rings. The number of aryl methyl sites for hydroxylation is 1. The summed E-state index contributed by atoms with van der Waals surface area (Å²) < 4.78 is 11.1. The van der Waals surface area contributed by atoms with Crippen LogP contribution < -0.4 is 0 Å². The van der Waals surface area contributed by atoms with Gasteiger partial charge < -0.3 is 24.6 Å². The Morgan fingerprint density at radius 2 is 2.15 bits per heavy atom. The van der Waals surface area contributed by atoms with Gasteiger partial charge in [-0.3, -0.25) is 4.79 Å². The Labute approximate surface area is 196 Å². The normalized spacial score (nSPS) is 28.2. The molecule has 5 atom stereocenters. The molecule has 1 saturated heterocycles. The van der Waals surface area contributed by atoms with Crippen LogP contribution in [0.4, 0.5) is 0 Å². The quantitative estimate of drug-likeness (QED) is 0.442. The van der Waals surface area contributed by atoms with Crippen LogP contribution in [0.5, 0.6) is 0 Å². The van der Waals surface area contributed by atoms with Crippen LogP contribution in [0, 0.1) is 24.7 Å². The number of allylic oxidation sites excluding steroid dienone is 1. The molecule has 6 heteroatoms. The molecule has 0 aromatic heterocycles. The molecule has 1 saturated carbocycles. The minimum atomic E-state index is -0.556. The van der Waals surface area contributed by atoms with Crippen LogP contribution in [-0.4, -0.2) is 72.7 Å². The Hall–Kier alpha value is -1.99. The van der Waals surface area contributed by atoms with Crippen LogP contribution in [0.1, 0.15) is 30.4 Å². The van der Waals surface area contributed by atoms with Crippen LogP contribution >= 0.6 is 0 Å². The molecular weight excluding hydrogens is 418 g/mol. The lowest BCUT2D eigenvalue weighted by molar-refractivity contribution is -0.136. The standard InChI is InChI=1S/C27H37NO5/c1-19-3-2-4-20(13-19)15-23(29)5-6-24-25-16-21(14-22(25)17-26(24)30)18-33-10-7-27(31)28-8-11-32-12-9-28/h2-6,13-14,22-26,29-30H,7-12,15-18H2,1H3/t22-,23-,24+,25-,26+/m0/s1. The van der Waals surface area contributed by atoms with Gasteiger partial charge in [-0.1, -0.05) is 48.1 Å². The highest BCUT2D eigenvalue weighted by Crippen LogP contribution is 2.47. The molecule has 2 N–H and O–H groups in total. The summed E-state index contributed by atoms with van der Waals surface area (Å²) in [7, 11) is 0. The summed E-state index contributed by atoms with van der Waals surface area (Å²) in [6.45, 7) is 5.61. The number of fused-ring (bicyclic) bond motifs is 1. The van der Waals surface area contributed by atoms with Gasteiger partial charge in [0, 0.05) is 25.4 Å². The van der Waals surface area contributed by atoms with E-state index in [0.717, 1.165) is 18.4 Å². The highest BCUT2D eigenvalue weighted by molar-refractivity contribution is 5.76. The Kier molecular flexibility index (Phi) is 8.36. The highest BCUT2D eigenvalue weighted by Gasteiger charge is 2.43. The van der Waals surface area contributed by atoms with Crippen molar-refractivity contribution in [2.75, 3.05) is 39.5 Å². The van der Waals surface area contributed by atoms with Crippen LogP contribution in [0.3, 0.4) is 0 Å². The predicted octanol–water partition coefficient (Wildman–Crippen LogP) is 2.66. The molecule has 1 amide bonds. The zero-order chi connectivity index (χ0) is 23.2. The van der Waals surface area contributed by atoms with Crippen molar-refractivity contribution in [3.05, 3.63) is 59.2 Å². The number of nitrogens with zero attached hydrogens (tertiary/aromatic N) is 1. The van der Waals surface area contributed by atoms with E-state index < -0.39 is 6.10 Å². The molecule has 3 aliphatic rings. The van der Waals surface area contributed by atoms with E-state index in [9.17, 15) is 15.0 Å². The monoisotopic (exact) mass is 455 g/mol. The van der Waals surface area contributed by atoms with Crippen LogP contribution in [0.2, 0.25) is 0 Å². The summed E-state index contributed by atoms with van der Waals surface area (Å²) in [5.74, 6) is 0.903. The second-order valence-corrected chi connectivity index (χ2v) is 9.68. The third-order valence-corrected chi connectivity index (χ3v) is 7.14. The van der Waals surface area contributed by atoms with Crippen LogP contribution in [0.25, 0.3) is 0 Å². The minimum Gasteiger partial charge on any atom is -0.392 e. The molecule has 1 aromatic carbocycles. The molecule has 0 radical (unpaired) electrons. The number of hydrogen-bond acceptors (Lipinski definition) is 5. The second-order valence-electron chi connectivity index (χ2n) is 9.68. The lowest BCUT2D eigenvalue weighted by Crippen LogP contribution is -2.41. The van der Waals surface area contributed by atoms with Gasteiger partial charge in [-0.05, 0) is 42.7 Å². The summed E-state index contributed by atoms with van der Waals surface area (Å²) in [5.41, 5.74) is 3.57. The van der Waals surface area contributed by atoms with Gasteiger partial charge in [0.05, 0.1) is 45.1 Å². The Balaban J connectivity index is 1.21. The number of ether oxygens (including phenoxy) is 2. The number of hydrogen-bond donors (Lipinski definition) is 2. The summed E-state index contributed by atoms with van der Waals surface area (Å²) in [6.07, 6.45) is 7.85. The number of benzene rings is 1. The fourth-order valence-corrected chi connectivity index (χ4v) is 5.45. The summed E-state index contributed by atoms with van der Waals surface area (Å²) in [6, 6.07) is 8.20. The van der Waals surface area contributed by atoms with Gasteiger partial charge in [0.2, 0.25) is 5.91 Å². The first kappa shape index (κ1) is 24.1. The molecule has 1 heterocycles. The van der Waals surface area contributed by atoms with Crippen molar-refractivity contribution in [1.29, 1.82) is 0 Å². The van der Waals surface area contributed by atoms with Gasteiger partial charge in [0.15, 0.2) is 0 Å². The molecule has 4 rings (SSSR count). The lowest BCUT2D eigenvalue weighted by Gasteiger charge is -2.26. The average Bonchev–Trinajstić information content (AvgIpc) is 3.32.